The first-order chi connectivity index (χ1) is 11.6. The first-order valence-electron chi connectivity index (χ1n) is 8.03. The lowest BCUT2D eigenvalue weighted by Crippen LogP contribution is -2.52. The Morgan fingerprint density at radius 2 is 2.12 bits per heavy atom. The minimum absolute atomic E-state index is 0.110. The van der Waals surface area contributed by atoms with Crippen molar-refractivity contribution in [3.05, 3.63) is 53.4 Å². The molecule has 1 saturated heterocycles. The third-order valence-corrected chi connectivity index (χ3v) is 4.42. The number of carbonyl (C=O) groups excluding carboxylic acids is 2. The molecule has 6 heteroatoms. The molecule has 1 aromatic heterocycles. The third kappa shape index (κ3) is 3.79. The minimum Gasteiger partial charge on any atom is -0.469 e. The van der Waals surface area contributed by atoms with Gasteiger partial charge in [0.15, 0.2) is 0 Å². The van der Waals surface area contributed by atoms with Gasteiger partial charge in [0, 0.05) is 19.4 Å². The summed E-state index contributed by atoms with van der Waals surface area (Å²) in [4.78, 5) is 26.4. The van der Waals surface area contributed by atoms with Gasteiger partial charge in [-0.1, -0.05) is 23.7 Å². The number of aryl methyl sites for hydroxylation is 1. The number of benzene rings is 1. The van der Waals surface area contributed by atoms with E-state index in [1.54, 1.807) is 23.3 Å². The van der Waals surface area contributed by atoms with E-state index in [9.17, 15) is 9.59 Å². The third-order valence-electron chi connectivity index (χ3n) is 4.10. The van der Waals surface area contributed by atoms with Crippen molar-refractivity contribution >= 4 is 29.1 Å². The van der Waals surface area contributed by atoms with Crippen molar-refractivity contribution in [2.75, 3.05) is 11.4 Å². The van der Waals surface area contributed by atoms with E-state index in [2.05, 4.69) is 5.32 Å². The van der Waals surface area contributed by atoms with E-state index in [1.807, 2.05) is 24.3 Å². The fourth-order valence-corrected chi connectivity index (χ4v) is 3.11. The lowest BCUT2D eigenvalue weighted by Gasteiger charge is -2.33. The molecule has 1 aromatic carbocycles. The molecule has 0 spiro atoms. The highest BCUT2D eigenvalue weighted by atomic mass is 35.5. The number of anilines is 1. The Labute approximate surface area is 145 Å². The van der Waals surface area contributed by atoms with Gasteiger partial charge in [-0.3, -0.25) is 9.59 Å². The van der Waals surface area contributed by atoms with Crippen LogP contribution in [-0.2, 0) is 16.0 Å². The summed E-state index contributed by atoms with van der Waals surface area (Å²) >= 11 is 6.19. The average molecular weight is 347 g/mol. The van der Waals surface area contributed by atoms with Crippen LogP contribution in [0.15, 0.2) is 47.1 Å². The van der Waals surface area contributed by atoms with Gasteiger partial charge in [-0.2, -0.15) is 0 Å². The molecule has 0 radical (unpaired) electrons. The summed E-state index contributed by atoms with van der Waals surface area (Å²) < 4.78 is 5.21. The van der Waals surface area contributed by atoms with Gasteiger partial charge in [0.25, 0.3) is 0 Å². The molecule has 1 atom stereocenters. The molecule has 3 rings (SSSR count). The van der Waals surface area contributed by atoms with Gasteiger partial charge < -0.3 is 14.6 Å². The Bertz CT molecular complexity index is 715. The van der Waals surface area contributed by atoms with Crippen LogP contribution in [0.1, 0.15) is 25.0 Å². The van der Waals surface area contributed by atoms with Crippen LogP contribution in [0.5, 0.6) is 0 Å². The fraction of sp³-hybridized carbons (Fsp3) is 0.333. The molecule has 126 valence electrons. The molecule has 0 unspecified atom stereocenters. The van der Waals surface area contributed by atoms with Gasteiger partial charge in [0.1, 0.15) is 11.8 Å². The van der Waals surface area contributed by atoms with Crippen molar-refractivity contribution in [1.82, 2.24) is 5.32 Å². The summed E-state index contributed by atoms with van der Waals surface area (Å²) in [6.07, 6.45) is 3.86. The van der Waals surface area contributed by atoms with Crippen LogP contribution in [-0.4, -0.2) is 24.4 Å². The summed E-state index contributed by atoms with van der Waals surface area (Å²) in [5.41, 5.74) is 0.693. The van der Waals surface area contributed by atoms with Crippen molar-refractivity contribution in [3.8, 4) is 0 Å². The summed E-state index contributed by atoms with van der Waals surface area (Å²) in [5, 5.41) is 3.37. The SMILES string of the molecule is O=C(CCc1ccco1)N[C@H]1CCCN(c2ccccc2Cl)C1=O. The number of hydrogen-bond donors (Lipinski definition) is 1. The Hall–Kier alpha value is -2.27. The normalized spacial score (nSPS) is 17.8. The molecule has 0 aliphatic carbocycles. The van der Waals surface area contributed by atoms with Gasteiger partial charge in [0.2, 0.25) is 11.8 Å². The molecule has 1 aliphatic rings. The monoisotopic (exact) mass is 346 g/mol. The zero-order valence-electron chi connectivity index (χ0n) is 13.2. The molecule has 0 saturated carbocycles. The maximum Gasteiger partial charge on any atom is 0.249 e. The van der Waals surface area contributed by atoms with Gasteiger partial charge in [-0.25, -0.2) is 0 Å². The second-order valence-electron chi connectivity index (χ2n) is 5.78. The van der Waals surface area contributed by atoms with Gasteiger partial charge in [-0.05, 0) is 37.1 Å². The Morgan fingerprint density at radius 3 is 2.88 bits per heavy atom. The highest BCUT2D eigenvalue weighted by Gasteiger charge is 2.31. The summed E-state index contributed by atoms with van der Waals surface area (Å²) in [5.74, 6) is 0.504. The number of amides is 2. The zero-order chi connectivity index (χ0) is 16.9. The van der Waals surface area contributed by atoms with E-state index < -0.39 is 6.04 Å². The molecule has 5 nitrogen and oxygen atoms in total. The minimum atomic E-state index is -0.501. The molecule has 24 heavy (non-hydrogen) atoms. The summed E-state index contributed by atoms with van der Waals surface area (Å²) in [7, 11) is 0. The number of hydrogen-bond acceptors (Lipinski definition) is 3. The van der Waals surface area contributed by atoms with E-state index in [4.69, 9.17) is 16.0 Å². The highest BCUT2D eigenvalue weighted by Crippen LogP contribution is 2.28. The van der Waals surface area contributed by atoms with Crippen LogP contribution in [0.2, 0.25) is 5.02 Å². The molecule has 1 fully saturated rings. The molecule has 0 bridgehead atoms. The van der Waals surface area contributed by atoms with Crippen LogP contribution in [0.3, 0.4) is 0 Å². The quantitative estimate of drug-likeness (QED) is 0.904. The highest BCUT2D eigenvalue weighted by molar-refractivity contribution is 6.33. The van der Waals surface area contributed by atoms with E-state index in [0.29, 0.717) is 36.5 Å². The molecule has 2 amide bonds. The maximum atomic E-state index is 12.7. The first kappa shape index (κ1) is 16.6. The Morgan fingerprint density at radius 1 is 1.29 bits per heavy atom. The number of halogens is 1. The average Bonchev–Trinajstić information content (AvgIpc) is 3.09. The molecular formula is C18H19ClN2O3. The molecule has 2 aromatic rings. The number of nitrogens with zero attached hydrogens (tertiary/aromatic N) is 1. The lowest BCUT2D eigenvalue weighted by molar-refractivity contribution is -0.128. The predicted octanol–water partition coefficient (Wildman–Crippen LogP) is 3.18. The number of furan rings is 1. The fourth-order valence-electron chi connectivity index (χ4n) is 2.88. The number of para-hydroxylation sites is 1. The first-order valence-corrected chi connectivity index (χ1v) is 8.40. The van der Waals surface area contributed by atoms with E-state index in [-0.39, 0.29) is 11.8 Å². The second kappa shape index (κ2) is 7.53. The predicted molar refractivity (Wildman–Crippen MR) is 92.0 cm³/mol. The standard InChI is InChI=1S/C18H19ClN2O3/c19-14-6-1-2-8-16(14)21-11-3-7-15(18(21)23)20-17(22)10-9-13-5-4-12-24-13/h1-2,4-6,8,12,15H,3,7,9-11H2,(H,20,22)/t15-/m0/s1. The molecule has 1 N–H and O–H groups in total. The Balaban J connectivity index is 1.60. The van der Waals surface area contributed by atoms with Crippen molar-refractivity contribution in [2.45, 2.75) is 31.7 Å². The van der Waals surface area contributed by atoms with Crippen molar-refractivity contribution < 1.29 is 14.0 Å². The largest absolute Gasteiger partial charge is 0.469 e. The molecule has 1 aliphatic heterocycles. The summed E-state index contributed by atoms with van der Waals surface area (Å²) in [6.45, 7) is 0.612. The van der Waals surface area contributed by atoms with Crippen LogP contribution >= 0.6 is 11.6 Å². The van der Waals surface area contributed by atoms with Crippen LogP contribution < -0.4 is 10.2 Å². The lowest BCUT2D eigenvalue weighted by atomic mass is 10.0. The molecular weight excluding hydrogens is 328 g/mol. The molecule has 2 heterocycles. The van der Waals surface area contributed by atoms with Crippen LogP contribution in [0.25, 0.3) is 0 Å². The van der Waals surface area contributed by atoms with Crippen LogP contribution in [0.4, 0.5) is 5.69 Å². The van der Waals surface area contributed by atoms with Crippen molar-refractivity contribution in [1.29, 1.82) is 0 Å². The van der Waals surface area contributed by atoms with Crippen LogP contribution in [0, 0.1) is 0 Å². The number of carbonyl (C=O) groups is 2. The zero-order valence-corrected chi connectivity index (χ0v) is 14.0. The topological polar surface area (TPSA) is 62.6 Å². The maximum absolute atomic E-state index is 12.7. The van der Waals surface area contributed by atoms with Gasteiger partial charge in [-0.15, -0.1) is 0 Å². The Kier molecular flexibility index (Phi) is 5.20. The number of nitrogens with one attached hydrogen (secondary N) is 1. The van der Waals surface area contributed by atoms with Crippen molar-refractivity contribution in [3.63, 3.8) is 0 Å². The van der Waals surface area contributed by atoms with E-state index in [1.165, 1.54) is 0 Å². The van der Waals surface area contributed by atoms with Crippen molar-refractivity contribution in [2.24, 2.45) is 0 Å². The second-order valence-corrected chi connectivity index (χ2v) is 6.19. The summed E-state index contributed by atoms with van der Waals surface area (Å²) in [6, 6.07) is 10.4. The smallest absolute Gasteiger partial charge is 0.249 e. The van der Waals surface area contributed by atoms with E-state index >= 15 is 0 Å². The van der Waals surface area contributed by atoms with Gasteiger partial charge >= 0.3 is 0 Å². The number of rotatable bonds is 5. The van der Waals surface area contributed by atoms with Gasteiger partial charge in [0.05, 0.1) is 17.0 Å². The number of piperidine rings is 1. The van der Waals surface area contributed by atoms with E-state index in [0.717, 1.165) is 12.2 Å².